The summed E-state index contributed by atoms with van der Waals surface area (Å²) in [6.07, 6.45) is 0. The zero-order chi connectivity index (χ0) is 22.3. The van der Waals surface area contributed by atoms with E-state index in [1.165, 1.54) is 0 Å². The van der Waals surface area contributed by atoms with Crippen molar-refractivity contribution in [1.29, 1.82) is 0 Å². The van der Waals surface area contributed by atoms with Crippen molar-refractivity contribution in [3.05, 3.63) is 82.7 Å². The van der Waals surface area contributed by atoms with Gasteiger partial charge < -0.3 is 4.74 Å². The van der Waals surface area contributed by atoms with Gasteiger partial charge in [0.15, 0.2) is 23.2 Å². The van der Waals surface area contributed by atoms with Crippen molar-refractivity contribution in [2.24, 2.45) is 0 Å². The van der Waals surface area contributed by atoms with E-state index in [4.69, 9.17) is 0 Å². The van der Waals surface area contributed by atoms with Crippen LogP contribution in [0.25, 0.3) is 0 Å². The highest BCUT2D eigenvalue weighted by atomic mass is 19.2. The van der Waals surface area contributed by atoms with E-state index in [1.54, 1.807) is 0 Å². The molecule has 1 nitrogen and oxygen atoms in total. The molecule has 0 unspecified atom stereocenters. The van der Waals surface area contributed by atoms with Crippen LogP contribution in [0.5, 0.6) is 5.75 Å². The smallest absolute Gasteiger partial charge is 0.265 e. The molecule has 11 heteroatoms. The SMILES string of the molecule is COc1c(F)cc(F)c(F)c1B(c1c(F)cc(F)cc1F)c1c(F)cc(F)cc1F. The van der Waals surface area contributed by atoms with Crippen LogP contribution >= 0.6 is 0 Å². The van der Waals surface area contributed by atoms with Crippen LogP contribution in [0.15, 0.2) is 30.3 Å². The quantitative estimate of drug-likeness (QED) is 0.348. The average molecular weight is 434 g/mol. The van der Waals surface area contributed by atoms with Gasteiger partial charge in [0, 0.05) is 46.7 Å². The Morgan fingerprint density at radius 3 is 1.30 bits per heavy atom. The van der Waals surface area contributed by atoms with Crippen LogP contribution in [0, 0.1) is 52.4 Å². The molecular weight excluding hydrogens is 426 g/mol. The van der Waals surface area contributed by atoms with Gasteiger partial charge in [-0.3, -0.25) is 0 Å². The van der Waals surface area contributed by atoms with Crippen molar-refractivity contribution in [2.75, 3.05) is 7.11 Å². The lowest BCUT2D eigenvalue weighted by atomic mass is 9.36. The molecule has 0 spiro atoms. The monoisotopic (exact) mass is 434 g/mol. The lowest BCUT2D eigenvalue weighted by molar-refractivity contribution is 0.381. The van der Waals surface area contributed by atoms with Crippen LogP contribution in [-0.4, -0.2) is 13.8 Å². The van der Waals surface area contributed by atoms with Crippen molar-refractivity contribution >= 4 is 23.1 Å². The number of hydrogen-bond donors (Lipinski definition) is 0. The second-order valence-corrected chi connectivity index (χ2v) is 6.10. The van der Waals surface area contributed by atoms with Gasteiger partial charge in [0.1, 0.15) is 34.9 Å². The summed E-state index contributed by atoms with van der Waals surface area (Å²) in [4.78, 5) is 0. The van der Waals surface area contributed by atoms with E-state index in [-0.39, 0.29) is 30.3 Å². The van der Waals surface area contributed by atoms with E-state index < -0.39 is 81.2 Å². The van der Waals surface area contributed by atoms with Crippen molar-refractivity contribution < 1.29 is 44.3 Å². The summed E-state index contributed by atoms with van der Waals surface area (Å²) < 4.78 is 132. The number of benzene rings is 3. The third kappa shape index (κ3) is 3.59. The minimum absolute atomic E-state index is 0.0451. The number of methoxy groups -OCH3 is 1. The summed E-state index contributed by atoms with van der Waals surface area (Å²) >= 11 is 0. The zero-order valence-corrected chi connectivity index (χ0v) is 14.8. The van der Waals surface area contributed by atoms with Gasteiger partial charge in [-0.15, -0.1) is 0 Å². The summed E-state index contributed by atoms with van der Waals surface area (Å²) in [6.45, 7) is -2.55. The largest absolute Gasteiger partial charge is 0.494 e. The van der Waals surface area contributed by atoms with Crippen LogP contribution in [-0.2, 0) is 0 Å². The Balaban J connectivity index is 2.53. The van der Waals surface area contributed by atoms with Gasteiger partial charge in [-0.05, 0) is 0 Å². The highest BCUT2D eigenvalue weighted by molar-refractivity contribution is 6.96. The van der Waals surface area contributed by atoms with Crippen LogP contribution in [0.1, 0.15) is 0 Å². The molecule has 0 aromatic heterocycles. The van der Waals surface area contributed by atoms with Crippen LogP contribution in [0.2, 0.25) is 0 Å². The summed E-state index contributed by atoms with van der Waals surface area (Å²) in [5.74, 6) is -16.3. The van der Waals surface area contributed by atoms with Gasteiger partial charge in [0.05, 0.1) is 7.11 Å². The Morgan fingerprint density at radius 1 is 0.533 bits per heavy atom. The topological polar surface area (TPSA) is 9.23 Å². The molecule has 0 heterocycles. The Kier molecular flexibility index (Phi) is 5.73. The van der Waals surface area contributed by atoms with E-state index in [1.807, 2.05) is 0 Å². The van der Waals surface area contributed by atoms with Gasteiger partial charge in [0.2, 0.25) is 0 Å². The van der Waals surface area contributed by atoms with Crippen LogP contribution in [0.4, 0.5) is 39.5 Å². The summed E-state index contributed by atoms with van der Waals surface area (Å²) in [5, 5.41) is 0. The van der Waals surface area contributed by atoms with Gasteiger partial charge in [-0.1, -0.05) is 0 Å². The number of rotatable bonds is 4. The third-order valence-electron chi connectivity index (χ3n) is 4.32. The number of halogens is 9. The molecule has 0 N–H and O–H groups in total. The maximum Gasteiger partial charge on any atom is 0.265 e. The molecule has 0 aliphatic heterocycles. The van der Waals surface area contributed by atoms with Crippen LogP contribution < -0.4 is 21.1 Å². The molecule has 30 heavy (non-hydrogen) atoms. The molecule has 0 saturated heterocycles. The fraction of sp³-hybridized carbons (Fsp3) is 0.0526. The molecule has 156 valence electrons. The Hall–Kier alpha value is -3.11. The predicted octanol–water partition coefficient (Wildman–Crippen LogP) is 3.46. The molecule has 0 atom stereocenters. The van der Waals surface area contributed by atoms with Gasteiger partial charge in [-0.25, -0.2) is 39.5 Å². The first kappa shape index (κ1) is 21.6. The van der Waals surface area contributed by atoms with Crippen molar-refractivity contribution in [1.82, 2.24) is 0 Å². The normalized spacial score (nSPS) is 11.0. The molecule has 0 amide bonds. The van der Waals surface area contributed by atoms with E-state index in [9.17, 15) is 39.5 Å². The predicted molar refractivity (Wildman–Crippen MR) is 90.2 cm³/mol. The van der Waals surface area contributed by atoms with Crippen molar-refractivity contribution in [3.8, 4) is 5.75 Å². The molecule has 0 radical (unpaired) electrons. The first-order chi connectivity index (χ1) is 14.1. The standard InChI is InChI=1S/C19H8BF9O/c1-30-19-14(28)6-13(27)18(29)17(19)20(15-9(23)2-7(21)3-10(15)24)16-11(25)4-8(22)5-12(16)26/h2-6H,1H3. The highest BCUT2D eigenvalue weighted by Crippen LogP contribution is 2.21. The fourth-order valence-electron chi connectivity index (χ4n) is 3.15. The molecule has 3 rings (SSSR count). The van der Waals surface area contributed by atoms with E-state index >= 15 is 0 Å². The summed E-state index contributed by atoms with van der Waals surface area (Å²) in [7, 11) is 0.783. The van der Waals surface area contributed by atoms with Crippen molar-refractivity contribution in [3.63, 3.8) is 0 Å². The molecule has 0 aliphatic rings. The second kappa shape index (κ2) is 7.96. The minimum atomic E-state index is -2.55. The Bertz CT molecular complexity index is 1050. The lowest BCUT2D eigenvalue weighted by Gasteiger charge is -2.21. The first-order valence-electron chi connectivity index (χ1n) is 8.07. The van der Waals surface area contributed by atoms with E-state index in [2.05, 4.69) is 4.74 Å². The first-order valence-corrected chi connectivity index (χ1v) is 8.07. The third-order valence-corrected chi connectivity index (χ3v) is 4.32. The second-order valence-electron chi connectivity index (χ2n) is 6.10. The maximum atomic E-state index is 14.7. The number of hydrogen-bond acceptors (Lipinski definition) is 1. The molecule has 0 aliphatic carbocycles. The lowest BCUT2D eigenvalue weighted by Crippen LogP contribution is -2.58. The Labute approximate surface area is 163 Å². The highest BCUT2D eigenvalue weighted by Gasteiger charge is 2.39. The Morgan fingerprint density at radius 2 is 0.933 bits per heavy atom. The minimum Gasteiger partial charge on any atom is -0.494 e. The van der Waals surface area contributed by atoms with E-state index in [0.717, 1.165) is 7.11 Å². The zero-order valence-electron chi connectivity index (χ0n) is 14.8. The summed E-state index contributed by atoms with van der Waals surface area (Å²) in [5.41, 5.74) is -4.00. The molecule has 3 aromatic rings. The fourth-order valence-corrected chi connectivity index (χ4v) is 3.15. The maximum absolute atomic E-state index is 14.7. The van der Waals surface area contributed by atoms with Crippen molar-refractivity contribution in [2.45, 2.75) is 0 Å². The molecule has 0 bridgehead atoms. The van der Waals surface area contributed by atoms with Gasteiger partial charge in [-0.2, -0.15) is 0 Å². The molecular formula is C19H8BF9O. The van der Waals surface area contributed by atoms with Crippen LogP contribution in [0.3, 0.4) is 0 Å². The van der Waals surface area contributed by atoms with Gasteiger partial charge >= 0.3 is 0 Å². The van der Waals surface area contributed by atoms with E-state index in [0.29, 0.717) is 0 Å². The number of ether oxygens (including phenoxy) is 1. The average Bonchev–Trinajstić information content (AvgIpc) is 2.61. The summed E-state index contributed by atoms with van der Waals surface area (Å²) in [6, 6.07) is 0.509. The molecule has 0 fully saturated rings. The van der Waals surface area contributed by atoms with Gasteiger partial charge in [0.25, 0.3) is 6.71 Å². The molecule has 3 aromatic carbocycles. The molecule has 0 saturated carbocycles.